The van der Waals surface area contributed by atoms with Crippen LogP contribution in [-0.2, 0) is 4.79 Å². The highest BCUT2D eigenvalue weighted by molar-refractivity contribution is 8.18. The molecule has 3 aliphatic rings. The number of anilines is 1. The Morgan fingerprint density at radius 3 is 2.16 bits per heavy atom. The fourth-order valence-electron chi connectivity index (χ4n) is 6.54. The van der Waals surface area contributed by atoms with Crippen molar-refractivity contribution in [3.8, 4) is 11.5 Å². The Bertz CT molecular complexity index is 1660. The zero-order chi connectivity index (χ0) is 29.3. The standard InChI is InChI=1S/C36H33N3O3S/c1-2-42-32-19-23(13-14-31(32)40)20-33-35(41)38-36(43-33)37-26-21-29-27(24-9-5-3-6-10-24)15-17-39-18-16-28(30(22-26)34(29)39)25-11-7-4-8-12-25/h3-14,19-22,27-28,40H,2,15-18H2,1H3,(H,37,38,41)/b33-20-/t27-,28-/m0/s1. The zero-order valence-corrected chi connectivity index (χ0v) is 24.8. The van der Waals surface area contributed by atoms with Crippen molar-refractivity contribution >= 4 is 40.3 Å². The van der Waals surface area contributed by atoms with E-state index in [-0.39, 0.29) is 23.5 Å². The van der Waals surface area contributed by atoms with Crippen LogP contribution in [0.4, 0.5) is 11.4 Å². The molecule has 7 rings (SSSR count). The molecule has 4 aromatic rings. The van der Waals surface area contributed by atoms with Gasteiger partial charge in [0.2, 0.25) is 0 Å². The van der Waals surface area contributed by atoms with Crippen molar-refractivity contribution in [1.82, 2.24) is 5.32 Å². The molecule has 2 N–H and O–H groups in total. The summed E-state index contributed by atoms with van der Waals surface area (Å²) in [6.07, 6.45) is 3.91. The summed E-state index contributed by atoms with van der Waals surface area (Å²) in [6.45, 7) is 4.38. The molecule has 1 saturated heterocycles. The number of phenolic OH excluding ortho intramolecular Hbond substituents is 1. The fraction of sp³-hybridized carbons (Fsp3) is 0.222. The minimum atomic E-state index is -0.190. The van der Waals surface area contributed by atoms with Crippen LogP contribution in [0.15, 0.2) is 101 Å². The maximum absolute atomic E-state index is 13.0. The molecule has 0 radical (unpaired) electrons. The highest BCUT2D eigenvalue weighted by Crippen LogP contribution is 2.50. The van der Waals surface area contributed by atoms with Crippen molar-refractivity contribution < 1.29 is 14.6 Å². The van der Waals surface area contributed by atoms with Gasteiger partial charge in [-0.15, -0.1) is 0 Å². The number of amides is 1. The van der Waals surface area contributed by atoms with Crippen molar-refractivity contribution in [1.29, 1.82) is 0 Å². The summed E-state index contributed by atoms with van der Waals surface area (Å²) in [6, 6.07) is 31.1. The van der Waals surface area contributed by atoms with E-state index in [2.05, 4.69) is 83.0 Å². The SMILES string of the molecule is CCOc1cc(/C=C2\SC(=Nc3cc4c5c(c3)[C@H](c3ccccc3)CCN5CC[C@H]4c3ccccc3)NC2=O)ccc1O. The van der Waals surface area contributed by atoms with Crippen LogP contribution >= 0.6 is 11.8 Å². The number of nitrogens with zero attached hydrogens (tertiary/aromatic N) is 2. The summed E-state index contributed by atoms with van der Waals surface area (Å²) >= 11 is 1.33. The van der Waals surface area contributed by atoms with Crippen LogP contribution in [-0.4, -0.2) is 35.9 Å². The Kier molecular flexibility index (Phi) is 7.41. The van der Waals surface area contributed by atoms with E-state index in [1.807, 2.05) is 6.92 Å². The van der Waals surface area contributed by atoms with Gasteiger partial charge in [0, 0.05) is 30.6 Å². The van der Waals surface area contributed by atoms with Crippen LogP contribution < -0.4 is 15.0 Å². The van der Waals surface area contributed by atoms with Crippen LogP contribution in [0.3, 0.4) is 0 Å². The van der Waals surface area contributed by atoms with Gasteiger partial charge in [-0.1, -0.05) is 66.7 Å². The average molecular weight is 588 g/mol. The molecule has 3 heterocycles. The van der Waals surface area contributed by atoms with E-state index in [0.717, 1.165) is 37.2 Å². The number of carbonyl (C=O) groups excluding carboxylic acids is 1. The van der Waals surface area contributed by atoms with E-state index in [1.165, 1.54) is 39.7 Å². The number of thioether (sulfide) groups is 1. The number of aliphatic imine (C=N–C) groups is 1. The first kappa shape index (κ1) is 27.3. The number of carbonyl (C=O) groups is 1. The number of amidine groups is 1. The molecule has 0 aliphatic carbocycles. The van der Waals surface area contributed by atoms with E-state index in [1.54, 1.807) is 24.3 Å². The predicted octanol–water partition coefficient (Wildman–Crippen LogP) is 7.56. The lowest BCUT2D eigenvalue weighted by molar-refractivity contribution is -0.115. The first-order valence-corrected chi connectivity index (χ1v) is 15.7. The third-order valence-corrected chi connectivity index (χ3v) is 9.37. The number of ether oxygens (including phenoxy) is 1. The minimum Gasteiger partial charge on any atom is -0.504 e. The summed E-state index contributed by atoms with van der Waals surface area (Å²) in [5.74, 6) is 0.858. The summed E-state index contributed by atoms with van der Waals surface area (Å²) < 4.78 is 5.52. The van der Waals surface area contributed by atoms with Gasteiger partial charge in [0.15, 0.2) is 16.7 Å². The summed E-state index contributed by atoms with van der Waals surface area (Å²) in [7, 11) is 0. The summed E-state index contributed by atoms with van der Waals surface area (Å²) in [5, 5.41) is 13.6. The van der Waals surface area contributed by atoms with Crippen LogP contribution in [0.1, 0.15) is 59.4 Å². The van der Waals surface area contributed by atoms with E-state index in [4.69, 9.17) is 9.73 Å². The van der Waals surface area contributed by atoms with Crippen LogP contribution in [0.25, 0.3) is 6.08 Å². The van der Waals surface area contributed by atoms with Gasteiger partial charge in [-0.2, -0.15) is 0 Å². The lowest BCUT2D eigenvalue weighted by Gasteiger charge is -2.43. The second-order valence-electron chi connectivity index (χ2n) is 11.1. The Morgan fingerprint density at radius 2 is 1.56 bits per heavy atom. The Hall–Kier alpha value is -4.49. The second-order valence-corrected chi connectivity index (χ2v) is 12.1. The number of nitrogens with one attached hydrogen (secondary N) is 1. The molecular weight excluding hydrogens is 554 g/mol. The molecule has 2 atom stereocenters. The quantitative estimate of drug-likeness (QED) is 0.228. The van der Waals surface area contributed by atoms with E-state index >= 15 is 0 Å². The smallest absolute Gasteiger partial charge is 0.264 e. The van der Waals surface area contributed by atoms with Crippen LogP contribution in [0.5, 0.6) is 11.5 Å². The Labute approximate surface area is 256 Å². The topological polar surface area (TPSA) is 74.2 Å². The number of phenols is 1. The van der Waals surface area contributed by atoms with E-state index in [9.17, 15) is 9.90 Å². The van der Waals surface area contributed by atoms with E-state index in [0.29, 0.717) is 22.4 Å². The summed E-state index contributed by atoms with van der Waals surface area (Å²) in [5.41, 5.74) is 8.25. The normalized spacial score (nSPS) is 21.1. The van der Waals surface area contributed by atoms with Gasteiger partial charge in [0.25, 0.3) is 5.91 Å². The van der Waals surface area contributed by atoms with Gasteiger partial charge in [-0.3, -0.25) is 4.79 Å². The first-order chi connectivity index (χ1) is 21.1. The van der Waals surface area contributed by atoms with Gasteiger partial charge in [0.05, 0.1) is 17.2 Å². The van der Waals surface area contributed by atoms with Gasteiger partial charge < -0.3 is 20.1 Å². The molecule has 1 amide bonds. The molecular formula is C36H33N3O3S. The Morgan fingerprint density at radius 1 is 0.930 bits per heavy atom. The lowest BCUT2D eigenvalue weighted by Crippen LogP contribution is -2.37. The highest BCUT2D eigenvalue weighted by Gasteiger charge is 2.35. The van der Waals surface area contributed by atoms with Gasteiger partial charge in [-0.05, 0) is 89.7 Å². The molecule has 1 fully saturated rings. The lowest BCUT2D eigenvalue weighted by atomic mass is 9.76. The van der Waals surface area contributed by atoms with Crippen molar-refractivity contribution in [3.05, 3.63) is 124 Å². The van der Waals surface area contributed by atoms with Crippen molar-refractivity contribution in [3.63, 3.8) is 0 Å². The molecule has 7 heteroatoms. The monoisotopic (exact) mass is 587 g/mol. The molecule has 3 aliphatic heterocycles. The Balaban J connectivity index is 1.28. The van der Waals surface area contributed by atoms with Crippen molar-refractivity contribution in [2.24, 2.45) is 4.99 Å². The van der Waals surface area contributed by atoms with Gasteiger partial charge >= 0.3 is 0 Å². The maximum atomic E-state index is 13.0. The molecule has 43 heavy (non-hydrogen) atoms. The first-order valence-electron chi connectivity index (χ1n) is 14.9. The number of hydrogen-bond donors (Lipinski definition) is 2. The maximum Gasteiger partial charge on any atom is 0.264 e. The molecule has 0 aromatic heterocycles. The predicted molar refractivity (Wildman–Crippen MR) is 175 cm³/mol. The number of benzene rings is 4. The molecule has 6 nitrogen and oxygen atoms in total. The van der Waals surface area contributed by atoms with Crippen LogP contribution in [0, 0.1) is 0 Å². The summed E-state index contributed by atoms with van der Waals surface area (Å²) in [4.78, 5) is 21.1. The number of aromatic hydroxyl groups is 1. The zero-order valence-electron chi connectivity index (χ0n) is 24.0. The van der Waals surface area contributed by atoms with E-state index < -0.39 is 0 Å². The fourth-order valence-corrected chi connectivity index (χ4v) is 7.39. The highest BCUT2D eigenvalue weighted by atomic mass is 32.2. The third kappa shape index (κ3) is 5.41. The third-order valence-electron chi connectivity index (χ3n) is 8.46. The van der Waals surface area contributed by atoms with Crippen molar-refractivity contribution in [2.75, 3.05) is 24.6 Å². The molecule has 0 spiro atoms. The molecule has 0 unspecified atom stereocenters. The van der Waals surface area contributed by atoms with Gasteiger partial charge in [-0.25, -0.2) is 4.99 Å². The van der Waals surface area contributed by atoms with Crippen LogP contribution in [0.2, 0.25) is 0 Å². The largest absolute Gasteiger partial charge is 0.504 e. The number of hydrogen-bond acceptors (Lipinski definition) is 6. The molecule has 216 valence electrons. The second kappa shape index (κ2) is 11.7. The van der Waals surface area contributed by atoms with Gasteiger partial charge in [0.1, 0.15) is 0 Å². The molecule has 0 saturated carbocycles. The number of rotatable bonds is 6. The minimum absolute atomic E-state index is 0.0762. The van der Waals surface area contributed by atoms with Crippen molar-refractivity contribution in [2.45, 2.75) is 31.6 Å². The molecule has 4 aromatic carbocycles. The molecule has 0 bridgehead atoms. The average Bonchev–Trinajstić information content (AvgIpc) is 3.37.